The minimum atomic E-state index is -3.74. The molecule has 1 aliphatic rings. The van der Waals surface area contributed by atoms with Gasteiger partial charge in [-0.15, -0.1) is 0 Å². The van der Waals surface area contributed by atoms with Crippen molar-refractivity contribution in [1.82, 2.24) is 4.31 Å². The van der Waals surface area contributed by atoms with Crippen molar-refractivity contribution in [1.29, 1.82) is 0 Å². The van der Waals surface area contributed by atoms with E-state index in [0.717, 1.165) is 0 Å². The highest BCUT2D eigenvalue weighted by molar-refractivity contribution is 7.89. The summed E-state index contributed by atoms with van der Waals surface area (Å²) in [5, 5.41) is 10.2. The molecule has 9 heteroatoms. The highest BCUT2D eigenvalue weighted by Crippen LogP contribution is 2.32. The topological polar surface area (TPSA) is 97.7 Å². The minimum Gasteiger partial charge on any atom is -0.504 e. The number of hydrogen-bond donors (Lipinski definition) is 1. The van der Waals surface area contributed by atoms with Crippen molar-refractivity contribution in [3.8, 4) is 17.2 Å². The van der Waals surface area contributed by atoms with Gasteiger partial charge in [0.25, 0.3) is 0 Å². The molecule has 1 saturated heterocycles. The fourth-order valence-electron chi connectivity index (χ4n) is 2.83. The van der Waals surface area contributed by atoms with Gasteiger partial charge in [-0.2, -0.15) is 4.31 Å². The molecule has 0 amide bonds. The lowest BCUT2D eigenvalue weighted by Crippen LogP contribution is -2.40. The number of phenols is 1. The number of morpholine rings is 1. The summed E-state index contributed by atoms with van der Waals surface area (Å²) < 4.78 is 43.0. The molecule has 2 aromatic rings. The van der Waals surface area contributed by atoms with Gasteiger partial charge in [0.2, 0.25) is 10.0 Å². The Labute approximate surface area is 164 Å². The van der Waals surface area contributed by atoms with E-state index in [1.54, 1.807) is 30.3 Å². The fraction of sp³-hybridized carbons (Fsp3) is 0.316. The number of benzene rings is 2. The van der Waals surface area contributed by atoms with Crippen molar-refractivity contribution >= 4 is 21.9 Å². The molecule has 0 bridgehead atoms. The van der Waals surface area contributed by atoms with Crippen LogP contribution in [0.4, 0.5) is 5.69 Å². The number of hydrogen-bond acceptors (Lipinski definition) is 7. The standard InChI is InChI=1S/C19H22N2O6S/c1-25-16-7-6-15(20-13-14-4-3-5-17(26-2)19(14)22)12-18(16)28(23,24)21-8-10-27-11-9-21/h3-7,12-13,22H,8-11H2,1-2H3. The first kappa shape index (κ1) is 20.1. The zero-order chi connectivity index (χ0) is 20.1. The quantitative estimate of drug-likeness (QED) is 0.739. The Balaban J connectivity index is 1.95. The molecule has 1 heterocycles. The van der Waals surface area contributed by atoms with Gasteiger partial charge in [0.15, 0.2) is 11.5 Å². The first-order valence-corrected chi connectivity index (χ1v) is 10.1. The molecule has 1 N–H and O–H groups in total. The Morgan fingerprint density at radius 1 is 1.11 bits per heavy atom. The van der Waals surface area contributed by atoms with E-state index in [0.29, 0.717) is 30.2 Å². The van der Waals surface area contributed by atoms with Gasteiger partial charge in [-0.05, 0) is 30.3 Å². The van der Waals surface area contributed by atoms with E-state index >= 15 is 0 Å². The number of sulfonamides is 1. The molecule has 28 heavy (non-hydrogen) atoms. The molecule has 8 nitrogen and oxygen atoms in total. The van der Waals surface area contributed by atoms with Crippen LogP contribution in [0.3, 0.4) is 0 Å². The average Bonchev–Trinajstić information content (AvgIpc) is 2.73. The van der Waals surface area contributed by atoms with Crippen LogP contribution in [0.25, 0.3) is 0 Å². The summed E-state index contributed by atoms with van der Waals surface area (Å²) in [7, 11) is -0.862. The monoisotopic (exact) mass is 406 g/mol. The van der Waals surface area contributed by atoms with Crippen molar-refractivity contribution in [2.75, 3.05) is 40.5 Å². The molecule has 0 saturated carbocycles. The minimum absolute atomic E-state index is 0.0385. The number of nitrogens with zero attached hydrogens (tertiary/aromatic N) is 2. The normalized spacial score (nSPS) is 15.6. The van der Waals surface area contributed by atoms with Crippen LogP contribution in [-0.4, -0.2) is 64.6 Å². The summed E-state index contributed by atoms with van der Waals surface area (Å²) in [5.74, 6) is 0.535. The molecule has 3 rings (SSSR count). The van der Waals surface area contributed by atoms with Crippen molar-refractivity contribution in [2.24, 2.45) is 4.99 Å². The maximum absolute atomic E-state index is 13.0. The van der Waals surface area contributed by atoms with Gasteiger partial charge < -0.3 is 19.3 Å². The number of phenolic OH excluding ortho intramolecular Hbond substituents is 1. The lowest BCUT2D eigenvalue weighted by molar-refractivity contribution is 0.0729. The van der Waals surface area contributed by atoms with E-state index in [4.69, 9.17) is 14.2 Å². The smallest absolute Gasteiger partial charge is 0.246 e. The first-order chi connectivity index (χ1) is 13.5. The Kier molecular flexibility index (Phi) is 6.18. The van der Waals surface area contributed by atoms with Crippen LogP contribution in [-0.2, 0) is 14.8 Å². The molecule has 0 spiro atoms. The number of methoxy groups -OCH3 is 2. The highest BCUT2D eigenvalue weighted by atomic mass is 32.2. The summed E-state index contributed by atoms with van der Waals surface area (Å²) in [5.41, 5.74) is 0.864. The first-order valence-electron chi connectivity index (χ1n) is 8.63. The van der Waals surface area contributed by atoms with Crippen molar-refractivity contribution in [2.45, 2.75) is 4.90 Å². The van der Waals surface area contributed by atoms with Crippen molar-refractivity contribution in [3.05, 3.63) is 42.0 Å². The fourth-order valence-corrected chi connectivity index (χ4v) is 4.41. The van der Waals surface area contributed by atoms with Crippen LogP contribution in [0.5, 0.6) is 17.2 Å². The third-order valence-electron chi connectivity index (χ3n) is 4.34. The molecule has 0 aromatic heterocycles. The van der Waals surface area contributed by atoms with E-state index < -0.39 is 10.0 Å². The Bertz CT molecular complexity index is 968. The second-order valence-electron chi connectivity index (χ2n) is 6.01. The Hall–Kier alpha value is -2.62. The van der Waals surface area contributed by atoms with Crippen LogP contribution in [0.15, 0.2) is 46.3 Å². The second kappa shape index (κ2) is 8.59. The predicted molar refractivity (Wildman–Crippen MR) is 104 cm³/mol. The largest absolute Gasteiger partial charge is 0.504 e. The van der Waals surface area contributed by atoms with Gasteiger partial charge in [-0.25, -0.2) is 8.42 Å². The van der Waals surface area contributed by atoms with E-state index in [2.05, 4.69) is 4.99 Å². The highest BCUT2D eigenvalue weighted by Gasteiger charge is 2.29. The van der Waals surface area contributed by atoms with Crippen LogP contribution >= 0.6 is 0 Å². The maximum Gasteiger partial charge on any atom is 0.246 e. The molecule has 1 fully saturated rings. The van der Waals surface area contributed by atoms with Gasteiger partial charge >= 0.3 is 0 Å². The number of ether oxygens (including phenoxy) is 3. The number of aromatic hydroxyl groups is 1. The van der Waals surface area contributed by atoms with E-state index in [1.165, 1.54) is 30.8 Å². The summed E-state index contributed by atoms with van der Waals surface area (Å²) in [6.45, 7) is 1.29. The molecule has 0 radical (unpaired) electrons. The van der Waals surface area contributed by atoms with E-state index in [1.807, 2.05) is 0 Å². The summed E-state index contributed by atoms with van der Waals surface area (Å²) in [6, 6.07) is 9.69. The summed E-state index contributed by atoms with van der Waals surface area (Å²) in [6.07, 6.45) is 1.45. The number of rotatable bonds is 6. The van der Waals surface area contributed by atoms with Crippen molar-refractivity contribution in [3.63, 3.8) is 0 Å². The molecule has 0 unspecified atom stereocenters. The van der Waals surface area contributed by atoms with Crippen LogP contribution in [0.2, 0.25) is 0 Å². The van der Waals surface area contributed by atoms with Gasteiger partial charge in [0.1, 0.15) is 10.6 Å². The summed E-state index contributed by atoms with van der Waals surface area (Å²) >= 11 is 0. The SMILES string of the molecule is COc1ccc(N=Cc2cccc(OC)c2O)cc1S(=O)(=O)N1CCOCC1. The molecular weight excluding hydrogens is 384 g/mol. The average molecular weight is 406 g/mol. The van der Waals surface area contributed by atoms with Gasteiger partial charge in [0, 0.05) is 24.9 Å². The lowest BCUT2D eigenvalue weighted by Gasteiger charge is -2.26. The van der Waals surface area contributed by atoms with Gasteiger partial charge in [-0.1, -0.05) is 6.07 Å². The summed E-state index contributed by atoms with van der Waals surface area (Å²) in [4.78, 5) is 4.35. The molecule has 150 valence electrons. The van der Waals surface area contributed by atoms with E-state index in [-0.39, 0.29) is 29.5 Å². The van der Waals surface area contributed by atoms with Crippen LogP contribution < -0.4 is 9.47 Å². The maximum atomic E-state index is 13.0. The van der Waals surface area contributed by atoms with Crippen molar-refractivity contribution < 1.29 is 27.7 Å². The van der Waals surface area contributed by atoms with Gasteiger partial charge in [-0.3, -0.25) is 4.99 Å². The second-order valence-corrected chi connectivity index (χ2v) is 7.91. The number of para-hydroxylation sites is 1. The number of aliphatic imine (C=N–C) groups is 1. The van der Waals surface area contributed by atoms with Gasteiger partial charge in [0.05, 0.1) is 33.1 Å². The molecule has 1 aliphatic heterocycles. The Morgan fingerprint density at radius 2 is 1.82 bits per heavy atom. The molecule has 0 atom stereocenters. The predicted octanol–water partition coefficient (Wildman–Crippen LogP) is 2.18. The zero-order valence-electron chi connectivity index (χ0n) is 15.7. The molecule has 0 aliphatic carbocycles. The van der Waals surface area contributed by atoms with Crippen LogP contribution in [0.1, 0.15) is 5.56 Å². The zero-order valence-corrected chi connectivity index (χ0v) is 16.5. The molecule has 2 aromatic carbocycles. The lowest BCUT2D eigenvalue weighted by atomic mass is 10.2. The Morgan fingerprint density at radius 3 is 2.50 bits per heavy atom. The third kappa shape index (κ3) is 4.11. The van der Waals surface area contributed by atoms with Crippen LogP contribution in [0, 0.1) is 0 Å². The third-order valence-corrected chi connectivity index (χ3v) is 6.26. The molecular formula is C19H22N2O6S. The van der Waals surface area contributed by atoms with E-state index in [9.17, 15) is 13.5 Å².